The van der Waals surface area contributed by atoms with Gasteiger partial charge < -0.3 is 11.5 Å². The Morgan fingerprint density at radius 3 is 1.13 bits per heavy atom. The molecule has 0 aliphatic rings. The molecule has 1 aromatic rings. The first-order valence-electron chi connectivity index (χ1n) is 8.72. The molecule has 0 unspecified atom stereocenters. The quantitative estimate of drug-likeness (QED) is 0.625. The lowest BCUT2D eigenvalue weighted by Gasteiger charge is -1.98. The number of hydrogen-bond donors (Lipinski definition) is 2. The number of unbranched alkanes of at least 4 members (excludes halogenated alkanes) is 8. The summed E-state index contributed by atoms with van der Waals surface area (Å²) in [5.74, 6) is -1.04. The molecule has 0 fully saturated rings. The van der Waals surface area contributed by atoms with E-state index in [-0.39, 0.29) is 0 Å². The largest absolute Gasteiger partial charge is 0.366 e. The van der Waals surface area contributed by atoms with E-state index in [0.717, 1.165) is 0 Å². The van der Waals surface area contributed by atoms with Crippen LogP contribution >= 0.6 is 0 Å². The first-order chi connectivity index (χ1) is 11.0. The molecule has 0 bridgehead atoms. The fourth-order valence-corrected chi connectivity index (χ4v) is 2.18. The Bertz CT molecular complexity index is 400. The molecule has 23 heavy (non-hydrogen) atoms. The van der Waals surface area contributed by atoms with Crippen molar-refractivity contribution in [3.8, 4) is 0 Å². The molecule has 1 aromatic carbocycles. The van der Waals surface area contributed by atoms with E-state index in [1.54, 1.807) is 0 Å². The van der Waals surface area contributed by atoms with E-state index >= 15 is 0 Å². The Morgan fingerprint density at radius 1 is 0.652 bits per heavy atom. The zero-order valence-electron chi connectivity index (χ0n) is 14.6. The van der Waals surface area contributed by atoms with Gasteiger partial charge in [0.05, 0.1) is 0 Å². The SMILES string of the molecule is CCCCCCCCCCC.NC(=O)c1ccc(C(N)=O)cc1. The second kappa shape index (κ2) is 13.8. The van der Waals surface area contributed by atoms with Crippen LogP contribution in [0.15, 0.2) is 24.3 Å². The molecule has 0 aromatic heterocycles. The Morgan fingerprint density at radius 2 is 0.913 bits per heavy atom. The summed E-state index contributed by atoms with van der Waals surface area (Å²) in [5.41, 5.74) is 10.7. The average Bonchev–Trinajstić information content (AvgIpc) is 2.55. The maximum absolute atomic E-state index is 10.6. The van der Waals surface area contributed by atoms with Gasteiger partial charge in [-0.15, -0.1) is 0 Å². The van der Waals surface area contributed by atoms with Gasteiger partial charge in [0.1, 0.15) is 0 Å². The third-order valence-electron chi connectivity index (χ3n) is 3.66. The second-order valence-electron chi connectivity index (χ2n) is 5.78. The van der Waals surface area contributed by atoms with E-state index in [4.69, 9.17) is 11.5 Å². The molecule has 4 heteroatoms. The van der Waals surface area contributed by atoms with Crippen LogP contribution in [0.2, 0.25) is 0 Å². The van der Waals surface area contributed by atoms with Crippen LogP contribution in [0.5, 0.6) is 0 Å². The van der Waals surface area contributed by atoms with Crippen LogP contribution in [0, 0.1) is 0 Å². The van der Waals surface area contributed by atoms with Gasteiger partial charge in [0.25, 0.3) is 0 Å². The second-order valence-corrected chi connectivity index (χ2v) is 5.78. The maximum Gasteiger partial charge on any atom is 0.248 e. The fourth-order valence-electron chi connectivity index (χ4n) is 2.18. The molecule has 0 spiro atoms. The molecule has 0 aliphatic carbocycles. The molecule has 2 amide bonds. The molecule has 0 radical (unpaired) electrons. The summed E-state index contributed by atoms with van der Waals surface area (Å²) < 4.78 is 0. The third kappa shape index (κ3) is 11.4. The minimum Gasteiger partial charge on any atom is -0.366 e. The Labute approximate surface area is 140 Å². The minimum absolute atomic E-state index is 0.361. The lowest BCUT2D eigenvalue weighted by atomic mass is 10.1. The topological polar surface area (TPSA) is 86.2 Å². The van der Waals surface area contributed by atoms with Crippen molar-refractivity contribution >= 4 is 11.8 Å². The summed E-state index contributed by atoms with van der Waals surface area (Å²) in [4.78, 5) is 21.2. The molecular formula is C19H32N2O2. The van der Waals surface area contributed by atoms with Crippen molar-refractivity contribution < 1.29 is 9.59 Å². The lowest BCUT2D eigenvalue weighted by Crippen LogP contribution is -2.13. The monoisotopic (exact) mass is 320 g/mol. The normalized spacial score (nSPS) is 9.83. The predicted molar refractivity (Wildman–Crippen MR) is 96.4 cm³/mol. The number of amides is 2. The summed E-state index contributed by atoms with van der Waals surface area (Å²) in [6.07, 6.45) is 13.0. The van der Waals surface area contributed by atoms with Gasteiger partial charge in [-0.3, -0.25) is 9.59 Å². The van der Waals surface area contributed by atoms with Crippen LogP contribution < -0.4 is 11.5 Å². The number of benzene rings is 1. The minimum atomic E-state index is -0.522. The van der Waals surface area contributed by atoms with Crippen molar-refractivity contribution in [3.05, 3.63) is 35.4 Å². The van der Waals surface area contributed by atoms with E-state index in [0.29, 0.717) is 11.1 Å². The summed E-state index contributed by atoms with van der Waals surface area (Å²) in [7, 11) is 0. The van der Waals surface area contributed by atoms with E-state index in [1.165, 1.54) is 82.1 Å². The fraction of sp³-hybridized carbons (Fsp3) is 0.579. The summed E-state index contributed by atoms with van der Waals surface area (Å²) >= 11 is 0. The number of hydrogen-bond acceptors (Lipinski definition) is 2. The highest BCUT2D eigenvalue weighted by molar-refractivity contribution is 5.96. The van der Waals surface area contributed by atoms with Gasteiger partial charge in [0.2, 0.25) is 11.8 Å². The third-order valence-corrected chi connectivity index (χ3v) is 3.66. The maximum atomic E-state index is 10.6. The van der Waals surface area contributed by atoms with Crippen molar-refractivity contribution in [2.75, 3.05) is 0 Å². The predicted octanol–water partition coefficient (Wildman–Crippen LogP) is 4.42. The first kappa shape index (κ1) is 21.2. The van der Waals surface area contributed by atoms with Gasteiger partial charge in [0.15, 0.2) is 0 Å². The van der Waals surface area contributed by atoms with Crippen LogP contribution in [0.25, 0.3) is 0 Å². The number of nitrogens with two attached hydrogens (primary N) is 2. The highest BCUT2D eigenvalue weighted by Gasteiger charge is 2.02. The van der Waals surface area contributed by atoms with Crippen molar-refractivity contribution in [1.82, 2.24) is 0 Å². The standard InChI is InChI=1S/C11H24.C8H8N2O2/c1-3-5-7-9-11-10-8-6-4-2;9-7(11)5-1-2-6(4-3-5)8(10)12/h3-11H2,1-2H3;1-4H,(H2,9,11)(H2,10,12). The van der Waals surface area contributed by atoms with Crippen molar-refractivity contribution in [2.45, 2.75) is 71.6 Å². The van der Waals surface area contributed by atoms with Gasteiger partial charge in [-0.25, -0.2) is 0 Å². The zero-order valence-corrected chi connectivity index (χ0v) is 14.6. The molecule has 0 aliphatic heterocycles. The van der Waals surface area contributed by atoms with Gasteiger partial charge in [0, 0.05) is 11.1 Å². The number of carbonyl (C=O) groups is 2. The molecule has 0 saturated carbocycles. The molecule has 0 saturated heterocycles. The number of primary amides is 2. The average molecular weight is 320 g/mol. The molecule has 0 atom stereocenters. The molecular weight excluding hydrogens is 288 g/mol. The number of rotatable bonds is 10. The van der Waals surface area contributed by atoms with Gasteiger partial charge in [-0.2, -0.15) is 0 Å². The van der Waals surface area contributed by atoms with Crippen LogP contribution in [-0.2, 0) is 0 Å². The van der Waals surface area contributed by atoms with E-state index in [1.807, 2.05) is 0 Å². The van der Waals surface area contributed by atoms with E-state index in [2.05, 4.69) is 13.8 Å². The lowest BCUT2D eigenvalue weighted by molar-refractivity contribution is 0.0988. The highest BCUT2D eigenvalue weighted by Crippen LogP contribution is 2.08. The summed E-state index contributed by atoms with van der Waals surface area (Å²) in [6, 6.07) is 5.84. The van der Waals surface area contributed by atoms with Crippen molar-refractivity contribution in [2.24, 2.45) is 11.5 Å². The number of carbonyl (C=O) groups excluding carboxylic acids is 2. The Hall–Kier alpha value is -1.84. The summed E-state index contributed by atoms with van der Waals surface area (Å²) in [6.45, 7) is 4.55. The van der Waals surface area contributed by atoms with Crippen LogP contribution in [0.3, 0.4) is 0 Å². The molecule has 130 valence electrons. The Balaban J connectivity index is 0.000000423. The van der Waals surface area contributed by atoms with Gasteiger partial charge in [-0.1, -0.05) is 71.6 Å². The van der Waals surface area contributed by atoms with Gasteiger partial charge >= 0.3 is 0 Å². The first-order valence-corrected chi connectivity index (χ1v) is 8.72. The highest BCUT2D eigenvalue weighted by atomic mass is 16.1. The smallest absolute Gasteiger partial charge is 0.248 e. The summed E-state index contributed by atoms with van der Waals surface area (Å²) in [5, 5.41) is 0. The van der Waals surface area contributed by atoms with Crippen LogP contribution in [-0.4, -0.2) is 11.8 Å². The molecule has 1 rings (SSSR count). The molecule has 0 heterocycles. The van der Waals surface area contributed by atoms with Crippen LogP contribution in [0.1, 0.15) is 92.4 Å². The molecule has 4 N–H and O–H groups in total. The van der Waals surface area contributed by atoms with Crippen molar-refractivity contribution in [1.29, 1.82) is 0 Å². The van der Waals surface area contributed by atoms with Gasteiger partial charge in [-0.05, 0) is 24.3 Å². The zero-order chi connectivity index (χ0) is 17.5. The van der Waals surface area contributed by atoms with E-state index in [9.17, 15) is 9.59 Å². The van der Waals surface area contributed by atoms with E-state index < -0.39 is 11.8 Å². The van der Waals surface area contributed by atoms with Crippen LogP contribution in [0.4, 0.5) is 0 Å². The molecule has 4 nitrogen and oxygen atoms in total. The Kier molecular flexibility index (Phi) is 12.7. The van der Waals surface area contributed by atoms with Crippen molar-refractivity contribution in [3.63, 3.8) is 0 Å².